The van der Waals surface area contributed by atoms with Crippen molar-refractivity contribution >= 4 is 11.9 Å². The van der Waals surface area contributed by atoms with Crippen molar-refractivity contribution in [3.05, 3.63) is 29.8 Å². The van der Waals surface area contributed by atoms with Crippen LogP contribution >= 0.6 is 0 Å². The standard InChI is InChI=1S/C16H23NO4/c1-4-12(3)13-8-6-7-9-14(13)21-11-15(18)17(5-2)10-16(19)20/h6-9,12H,4-5,10-11H2,1-3H3,(H,19,20). The van der Waals surface area contributed by atoms with E-state index in [0.717, 1.165) is 12.0 Å². The van der Waals surface area contributed by atoms with Crippen LogP contribution in [0.25, 0.3) is 0 Å². The number of benzene rings is 1. The summed E-state index contributed by atoms with van der Waals surface area (Å²) in [5.74, 6) is -0.312. The Hall–Kier alpha value is -2.04. The van der Waals surface area contributed by atoms with Crippen LogP contribution in [0.2, 0.25) is 0 Å². The highest BCUT2D eigenvalue weighted by molar-refractivity contribution is 5.82. The van der Waals surface area contributed by atoms with E-state index in [2.05, 4.69) is 13.8 Å². The Morgan fingerprint density at radius 2 is 1.95 bits per heavy atom. The summed E-state index contributed by atoms with van der Waals surface area (Å²) < 4.78 is 5.60. The van der Waals surface area contributed by atoms with E-state index in [4.69, 9.17) is 9.84 Å². The fourth-order valence-electron chi connectivity index (χ4n) is 2.01. The van der Waals surface area contributed by atoms with E-state index in [0.29, 0.717) is 18.2 Å². The third-order valence-corrected chi connectivity index (χ3v) is 3.47. The lowest BCUT2D eigenvalue weighted by Crippen LogP contribution is -2.38. The van der Waals surface area contributed by atoms with Crippen LogP contribution in [-0.2, 0) is 9.59 Å². The molecule has 21 heavy (non-hydrogen) atoms. The molecular weight excluding hydrogens is 270 g/mol. The van der Waals surface area contributed by atoms with Gasteiger partial charge in [0.25, 0.3) is 5.91 Å². The highest BCUT2D eigenvalue weighted by Gasteiger charge is 2.16. The molecule has 0 fully saturated rings. The molecule has 1 unspecified atom stereocenters. The Bertz CT molecular complexity index is 487. The number of ether oxygens (including phenoxy) is 1. The molecule has 5 nitrogen and oxygen atoms in total. The molecule has 1 N–H and O–H groups in total. The van der Waals surface area contributed by atoms with E-state index in [1.165, 1.54) is 4.90 Å². The van der Waals surface area contributed by atoms with Crippen LogP contribution in [0.5, 0.6) is 5.75 Å². The number of aliphatic carboxylic acids is 1. The quantitative estimate of drug-likeness (QED) is 0.799. The number of hydrogen-bond donors (Lipinski definition) is 1. The molecule has 1 aromatic rings. The number of rotatable bonds is 8. The summed E-state index contributed by atoms with van der Waals surface area (Å²) in [6.07, 6.45) is 0.981. The Morgan fingerprint density at radius 3 is 2.52 bits per heavy atom. The normalized spacial score (nSPS) is 11.8. The number of carboxylic acid groups (broad SMARTS) is 1. The van der Waals surface area contributed by atoms with E-state index in [-0.39, 0.29) is 19.1 Å². The van der Waals surface area contributed by atoms with Crippen molar-refractivity contribution in [1.82, 2.24) is 4.90 Å². The van der Waals surface area contributed by atoms with Crippen molar-refractivity contribution in [1.29, 1.82) is 0 Å². The second-order valence-electron chi connectivity index (χ2n) is 4.94. The second kappa shape index (κ2) is 8.29. The van der Waals surface area contributed by atoms with Gasteiger partial charge in [0.05, 0.1) is 0 Å². The molecule has 0 spiro atoms. The molecule has 116 valence electrons. The van der Waals surface area contributed by atoms with Gasteiger partial charge in [-0.05, 0) is 30.9 Å². The maximum absolute atomic E-state index is 12.0. The zero-order chi connectivity index (χ0) is 15.8. The molecule has 1 aromatic carbocycles. The van der Waals surface area contributed by atoms with E-state index in [9.17, 15) is 9.59 Å². The first-order valence-corrected chi connectivity index (χ1v) is 7.20. The molecule has 0 saturated carbocycles. The molecule has 0 saturated heterocycles. The zero-order valence-electron chi connectivity index (χ0n) is 12.8. The van der Waals surface area contributed by atoms with Crippen molar-refractivity contribution in [3.63, 3.8) is 0 Å². The summed E-state index contributed by atoms with van der Waals surface area (Å²) in [6, 6.07) is 7.63. The summed E-state index contributed by atoms with van der Waals surface area (Å²) in [5.41, 5.74) is 1.06. The fraction of sp³-hybridized carbons (Fsp3) is 0.500. The summed E-state index contributed by atoms with van der Waals surface area (Å²) in [6.45, 7) is 5.85. The van der Waals surface area contributed by atoms with Gasteiger partial charge in [-0.1, -0.05) is 32.0 Å². The number of carbonyl (C=O) groups excluding carboxylic acids is 1. The van der Waals surface area contributed by atoms with Crippen LogP contribution in [0.1, 0.15) is 38.7 Å². The second-order valence-corrected chi connectivity index (χ2v) is 4.94. The highest BCUT2D eigenvalue weighted by Crippen LogP contribution is 2.28. The largest absolute Gasteiger partial charge is 0.483 e. The molecular formula is C16H23NO4. The number of carboxylic acids is 1. The third kappa shape index (κ3) is 5.10. The molecule has 0 aliphatic heterocycles. The molecule has 0 aromatic heterocycles. The highest BCUT2D eigenvalue weighted by atomic mass is 16.5. The minimum atomic E-state index is -1.02. The van der Waals surface area contributed by atoms with Gasteiger partial charge in [-0.2, -0.15) is 0 Å². The predicted molar refractivity (Wildman–Crippen MR) is 80.5 cm³/mol. The molecule has 5 heteroatoms. The van der Waals surface area contributed by atoms with E-state index in [1.54, 1.807) is 6.92 Å². The maximum atomic E-state index is 12.0. The molecule has 1 rings (SSSR count). The van der Waals surface area contributed by atoms with Gasteiger partial charge in [-0.15, -0.1) is 0 Å². The number of amides is 1. The molecule has 0 aliphatic carbocycles. The Balaban J connectivity index is 2.70. The number of hydrogen-bond acceptors (Lipinski definition) is 3. The number of para-hydroxylation sites is 1. The average molecular weight is 293 g/mol. The van der Waals surface area contributed by atoms with Gasteiger partial charge in [0.15, 0.2) is 6.61 Å². The number of nitrogens with zero attached hydrogens (tertiary/aromatic N) is 1. The number of likely N-dealkylation sites (N-methyl/N-ethyl adjacent to an activating group) is 1. The molecule has 1 amide bonds. The van der Waals surface area contributed by atoms with Crippen LogP contribution in [0.3, 0.4) is 0 Å². The fourth-order valence-corrected chi connectivity index (χ4v) is 2.01. The van der Waals surface area contributed by atoms with Crippen molar-refractivity contribution in [2.45, 2.75) is 33.1 Å². The minimum absolute atomic E-state index is 0.144. The predicted octanol–water partition coefficient (Wildman–Crippen LogP) is 2.51. The molecule has 0 radical (unpaired) electrons. The van der Waals surface area contributed by atoms with Gasteiger partial charge >= 0.3 is 5.97 Å². The topological polar surface area (TPSA) is 66.8 Å². The van der Waals surface area contributed by atoms with Crippen molar-refractivity contribution < 1.29 is 19.4 Å². The van der Waals surface area contributed by atoms with Crippen molar-refractivity contribution in [3.8, 4) is 5.75 Å². The monoisotopic (exact) mass is 293 g/mol. The molecule has 0 aliphatic rings. The summed E-state index contributed by atoms with van der Waals surface area (Å²) in [7, 11) is 0. The van der Waals surface area contributed by atoms with E-state index < -0.39 is 5.97 Å². The first-order chi connectivity index (χ1) is 9.99. The SMILES string of the molecule is CCC(C)c1ccccc1OCC(=O)N(CC)CC(=O)O. The Kier molecular flexibility index (Phi) is 6.72. The molecule has 1 atom stereocenters. The smallest absolute Gasteiger partial charge is 0.323 e. The third-order valence-electron chi connectivity index (χ3n) is 3.47. The minimum Gasteiger partial charge on any atom is -0.483 e. The summed E-state index contributed by atoms with van der Waals surface area (Å²) in [4.78, 5) is 23.9. The van der Waals surface area contributed by atoms with Crippen molar-refractivity contribution in [2.24, 2.45) is 0 Å². The average Bonchev–Trinajstić information content (AvgIpc) is 2.49. The van der Waals surface area contributed by atoms with E-state index >= 15 is 0 Å². The molecule has 0 bridgehead atoms. The lowest BCUT2D eigenvalue weighted by Gasteiger charge is -2.20. The zero-order valence-corrected chi connectivity index (χ0v) is 12.8. The van der Waals surface area contributed by atoms with Gasteiger partial charge < -0.3 is 14.7 Å². The Morgan fingerprint density at radius 1 is 1.29 bits per heavy atom. The number of carbonyl (C=O) groups is 2. The van der Waals surface area contributed by atoms with Crippen LogP contribution in [0.15, 0.2) is 24.3 Å². The first kappa shape index (κ1) is 17.0. The van der Waals surface area contributed by atoms with Crippen LogP contribution < -0.4 is 4.74 Å². The van der Waals surface area contributed by atoms with E-state index in [1.807, 2.05) is 24.3 Å². The van der Waals surface area contributed by atoms with Crippen LogP contribution in [0, 0.1) is 0 Å². The first-order valence-electron chi connectivity index (χ1n) is 7.20. The maximum Gasteiger partial charge on any atom is 0.323 e. The van der Waals surface area contributed by atoms with Crippen LogP contribution in [0.4, 0.5) is 0 Å². The summed E-state index contributed by atoms with van der Waals surface area (Å²) in [5, 5.41) is 8.76. The van der Waals surface area contributed by atoms with Gasteiger partial charge in [0.1, 0.15) is 12.3 Å². The lowest BCUT2D eigenvalue weighted by molar-refractivity contribution is -0.145. The van der Waals surface area contributed by atoms with Gasteiger partial charge in [0.2, 0.25) is 0 Å². The van der Waals surface area contributed by atoms with Gasteiger partial charge in [-0.25, -0.2) is 0 Å². The van der Waals surface area contributed by atoms with Gasteiger partial charge in [-0.3, -0.25) is 9.59 Å². The summed E-state index contributed by atoms with van der Waals surface area (Å²) >= 11 is 0. The van der Waals surface area contributed by atoms with Crippen molar-refractivity contribution in [2.75, 3.05) is 19.7 Å². The molecule has 0 heterocycles. The van der Waals surface area contributed by atoms with Crippen LogP contribution in [-0.4, -0.2) is 41.6 Å². The van der Waals surface area contributed by atoms with Gasteiger partial charge in [0, 0.05) is 6.54 Å². The lowest BCUT2D eigenvalue weighted by atomic mass is 9.98. The Labute approximate surface area is 125 Å².